The van der Waals surface area contributed by atoms with E-state index in [1.807, 2.05) is 11.8 Å². The third-order valence-corrected chi connectivity index (χ3v) is 3.86. The van der Waals surface area contributed by atoms with Gasteiger partial charge in [0.05, 0.1) is 0 Å². The minimum absolute atomic E-state index is 0.0520. The average molecular weight is 271 g/mol. The highest BCUT2D eigenvalue weighted by Crippen LogP contribution is 2.08. The first kappa shape index (κ1) is 15.8. The first-order valence-corrected chi connectivity index (χ1v) is 6.85. The van der Waals surface area contributed by atoms with Gasteiger partial charge >= 0.3 is 12.0 Å². The summed E-state index contributed by atoms with van der Waals surface area (Å²) in [6.07, 6.45) is 0. The quantitative estimate of drug-likeness (QED) is 0.794. The zero-order valence-corrected chi connectivity index (χ0v) is 12.2. The second-order valence-electron chi connectivity index (χ2n) is 5.52. The molecule has 2 unspecified atom stereocenters. The van der Waals surface area contributed by atoms with E-state index in [1.54, 1.807) is 11.8 Å². The number of hydrogen-bond acceptors (Lipinski definition) is 3. The van der Waals surface area contributed by atoms with Gasteiger partial charge in [-0.2, -0.15) is 0 Å². The summed E-state index contributed by atoms with van der Waals surface area (Å²) in [5.74, 6) is -0.413. The topological polar surface area (TPSA) is 72.9 Å². The molecule has 0 saturated carbocycles. The summed E-state index contributed by atoms with van der Waals surface area (Å²) in [7, 11) is 0. The number of nitrogens with one attached hydrogen (secondary N) is 1. The molecule has 2 atom stereocenters. The fraction of sp³-hybridized carbons (Fsp3) is 0.846. The van der Waals surface area contributed by atoms with Crippen LogP contribution in [0.25, 0.3) is 0 Å². The molecular weight excluding hydrogens is 246 g/mol. The minimum atomic E-state index is -0.814. The maximum absolute atomic E-state index is 12.0. The number of urea groups is 1. The van der Waals surface area contributed by atoms with Crippen molar-refractivity contribution in [3.8, 4) is 0 Å². The predicted octanol–water partition coefficient (Wildman–Crippen LogP) is 0.831. The number of rotatable bonds is 4. The Bertz CT molecular complexity index is 325. The van der Waals surface area contributed by atoms with E-state index in [0.29, 0.717) is 32.1 Å². The van der Waals surface area contributed by atoms with Crippen molar-refractivity contribution >= 4 is 12.0 Å². The zero-order valence-electron chi connectivity index (χ0n) is 12.2. The molecule has 1 rings (SSSR count). The summed E-state index contributed by atoms with van der Waals surface area (Å²) in [4.78, 5) is 26.5. The fourth-order valence-corrected chi connectivity index (χ4v) is 1.92. The van der Waals surface area contributed by atoms with Crippen molar-refractivity contribution in [1.29, 1.82) is 0 Å². The molecule has 1 aliphatic heterocycles. The molecule has 2 N–H and O–H groups in total. The standard InChI is InChI=1S/C13H25N3O3/c1-9(2)10(3)14-13(19)16-7-5-15(6-8-16)11(4)12(17)18/h9-11H,5-8H2,1-4H3,(H,14,19)(H,17,18). The molecule has 0 aliphatic carbocycles. The molecule has 19 heavy (non-hydrogen) atoms. The Morgan fingerprint density at radius 2 is 1.58 bits per heavy atom. The Morgan fingerprint density at radius 1 is 1.05 bits per heavy atom. The largest absolute Gasteiger partial charge is 0.480 e. The minimum Gasteiger partial charge on any atom is -0.480 e. The third-order valence-electron chi connectivity index (χ3n) is 3.86. The lowest BCUT2D eigenvalue weighted by atomic mass is 10.1. The molecule has 0 bridgehead atoms. The molecular formula is C13H25N3O3. The molecule has 1 aliphatic rings. The van der Waals surface area contributed by atoms with Crippen LogP contribution in [-0.4, -0.2) is 65.2 Å². The van der Waals surface area contributed by atoms with Crippen LogP contribution >= 0.6 is 0 Å². The van der Waals surface area contributed by atoms with Gasteiger partial charge in [0.15, 0.2) is 0 Å². The van der Waals surface area contributed by atoms with Crippen LogP contribution in [-0.2, 0) is 4.79 Å². The number of amides is 2. The van der Waals surface area contributed by atoms with E-state index in [2.05, 4.69) is 19.2 Å². The van der Waals surface area contributed by atoms with E-state index in [4.69, 9.17) is 5.11 Å². The van der Waals surface area contributed by atoms with Crippen molar-refractivity contribution in [3.05, 3.63) is 0 Å². The van der Waals surface area contributed by atoms with Crippen LogP contribution in [0.1, 0.15) is 27.7 Å². The van der Waals surface area contributed by atoms with Crippen LogP contribution in [0, 0.1) is 5.92 Å². The molecule has 0 spiro atoms. The number of piperazine rings is 1. The number of carbonyl (C=O) groups excluding carboxylic acids is 1. The van der Waals surface area contributed by atoms with E-state index < -0.39 is 12.0 Å². The van der Waals surface area contributed by atoms with E-state index >= 15 is 0 Å². The van der Waals surface area contributed by atoms with Gasteiger partial charge in [-0.25, -0.2) is 4.79 Å². The van der Waals surface area contributed by atoms with Crippen molar-refractivity contribution in [2.24, 2.45) is 5.92 Å². The Labute approximate surface area is 114 Å². The predicted molar refractivity (Wildman–Crippen MR) is 73.1 cm³/mol. The lowest BCUT2D eigenvalue weighted by molar-refractivity contribution is -0.143. The highest BCUT2D eigenvalue weighted by atomic mass is 16.4. The number of carboxylic acids is 1. The summed E-state index contributed by atoms with van der Waals surface area (Å²) in [5, 5.41) is 11.9. The van der Waals surface area contributed by atoms with Crippen LogP contribution < -0.4 is 5.32 Å². The van der Waals surface area contributed by atoms with Crippen LogP contribution in [0.5, 0.6) is 0 Å². The molecule has 0 aromatic carbocycles. The highest BCUT2D eigenvalue weighted by Gasteiger charge is 2.27. The maximum atomic E-state index is 12.0. The van der Waals surface area contributed by atoms with Crippen molar-refractivity contribution in [1.82, 2.24) is 15.1 Å². The Hall–Kier alpha value is -1.30. The van der Waals surface area contributed by atoms with Gasteiger partial charge in [-0.3, -0.25) is 9.69 Å². The SMILES string of the molecule is CC(C)C(C)NC(=O)N1CCN(C(C)C(=O)O)CC1. The van der Waals surface area contributed by atoms with Crippen molar-refractivity contribution in [2.75, 3.05) is 26.2 Å². The summed E-state index contributed by atoms with van der Waals surface area (Å²) < 4.78 is 0. The van der Waals surface area contributed by atoms with Crippen LogP contribution in [0.2, 0.25) is 0 Å². The average Bonchev–Trinajstić information content (AvgIpc) is 2.37. The van der Waals surface area contributed by atoms with E-state index in [-0.39, 0.29) is 12.1 Å². The molecule has 2 amide bonds. The summed E-state index contributed by atoms with van der Waals surface area (Å²) in [5.41, 5.74) is 0. The van der Waals surface area contributed by atoms with E-state index in [0.717, 1.165) is 0 Å². The molecule has 1 heterocycles. The monoisotopic (exact) mass is 271 g/mol. The summed E-state index contributed by atoms with van der Waals surface area (Å²) in [6, 6.07) is -0.396. The van der Waals surface area contributed by atoms with Crippen LogP contribution in [0.3, 0.4) is 0 Å². The van der Waals surface area contributed by atoms with Crippen LogP contribution in [0.4, 0.5) is 4.79 Å². The normalized spacial score (nSPS) is 20.2. The van der Waals surface area contributed by atoms with Gasteiger partial charge in [-0.05, 0) is 19.8 Å². The van der Waals surface area contributed by atoms with E-state index in [1.165, 1.54) is 0 Å². The molecule has 110 valence electrons. The Morgan fingerprint density at radius 3 is 2.00 bits per heavy atom. The third kappa shape index (κ3) is 4.38. The molecule has 0 radical (unpaired) electrons. The first-order chi connectivity index (χ1) is 8.82. The number of hydrogen-bond donors (Lipinski definition) is 2. The second-order valence-corrected chi connectivity index (χ2v) is 5.52. The fourth-order valence-electron chi connectivity index (χ4n) is 1.92. The molecule has 6 nitrogen and oxygen atoms in total. The van der Waals surface area contributed by atoms with Crippen LogP contribution in [0.15, 0.2) is 0 Å². The molecule has 6 heteroatoms. The summed E-state index contributed by atoms with van der Waals surface area (Å²) >= 11 is 0. The van der Waals surface area contributed by atoms with Gasteiger partial charge in [-0.15, -0.1) is 0 Å². The van der Waals surface area contributed by atoms with Gasteiger partial charge < -0.3 is 15.3 Å². The molecule has 1 saturated heterocycles. The van der Waals surface area contributed by atoms with E-state index in [9.17, 15) is 9.59 Å². The lowest BCUT2D eigenvalue weighted by Crippen LogP contribution is -2.56. The van der Waals surface area contributed by atoms with Gasteiger partial charge in [0, 0.05) is 32.2 Å². The number of carbonyl (C=O) groups is 2. The number of carboxylic acid groups (broad SMARTS) is 1. The molecule has 0 aromatic rings. The van der Waals surface area contributed by atoms with Crippen molar-refractivity contribution < 1.29 is 14.7 Å². The maximum Gasteiger partial charge on any atom is 0.320 e. The Kier molecular flexibility index (Phi) is 5.60. The highest BCUT2D eigenvalue weighted by molar-refractivity contribution is 5.75. The smallest absolute Gasteiger partial charge is 0.320 e. The number of nitrogens with zero attached hydrogens (tertiary/aromatic N) is 2. The van der Waals surface area contributed by atoms with Gasteiger partial charge in [-0.1, -0.05) is 13.8 Å². The number of aliphatic carboxylic acids is 1. The lowest BCUT2D eigenvalue weighted by Gasteiger charge is -2.37. The molecule has 1 fully saturated rings. The molecule has 0 aromatic heterocycles. The van der Waals surface area contributed by atoms with Crippen molar-refractivity contribution in [2.45, 2.75) is 39.8 Å². The summed E-state index contributed by atoms with van der Waals surface area (Å²) in [6.45, 7) is 10.2. The second kappa shape index (κ2) is 6.75. The van der Waals surface area contributed by atoms with Gasteiger partial charge in [0.2, 0.25) is 0 Å². The zero-order chi connectivity index (χ0) is 14.6. The first-order valence-electron chi connectivity index (χ1n) is 6.85. The van der Waals surface area contributed by atoms with Gasteiger partial charge in [0.1, 0.15) is 6.04 Å². The Balaban J connectivity index is 2.41. The van der Waals surface area contributed by atoms with Gasteiger partial charge in [0.25, 0.3) is 0 Å². The van der Waals surface area contributed by atoms with Crippen molar-refractivity contribution in [3.63, 3.8) is 0 Å².